The number of likely N-dealkylation sites (tertiary alicyclic amines) is 1. The van der Waals surface area contributed by atoms with Crippen molar-refractivity contribution < 1.29 is 0 Å². The van der Waals surface area contributed by atoms with Gasteiger partial charge in [0.1, 0.15) is 0 Å². The zero-order valence-electron chi connectivity index (χ0n) is 10.6. The van der Waals surface area contributed by atoms with Crippen molar-refractivity contribution in [3.63, 3.8) is 0 Å². The quantitative estimate of drug-likeness (QED) is 0.622. The molecule has 1 fully saturated rings. The predicted molar refractivity (Wildman–Crippen MR) is 67.3 cm³/mol. The summed E-state index contributed by atoms with van der Waals surface area (Å²) in [4.78, 5) is 2.64. The highest BCUT2D eigenvalue weighted by atomic mass is 15.2. The highest BCUT2D eigenvalue weighted by molar-refractivity contribution is 4.78. The van der Waals surface area contributed by atoms with Crippen LogP contribution in [0.3, 0.4) is 0 Å². The molecule has 15 heavy (non-hydrogen) atoms. The van der Waals surface area contributed by atoms with Gasteiger partial charge in [0, 0.05) is 6.04 Å². The number of unbranched alkanes of at least 4 members (excludes halogenated alkanes) is 1. The Morgan fingerprint density at radius 1 is 1.20 bits per heavy atom. The molecule has 0 aromatic heterocycles. The van der Waals surface area contributed by atoms with E-state index in [1.165, 1.54) is 64.7 Å². The van der Waals surface area contributed by atoms with Crippen LogP contribution in [0.25, 0.3) is 0 Å². The molecule has 1 heterocycles. The molecule has 1 unspecified atom stereocenters. The van der Waals surface area contributed by atoms with Gasteiger partial charge in [-0.25, -0.2) is 0 Å². The van der Waals surface area contributed by atoms with Crippen molar-refractivity contribution >= 4 is 0 Å². The second kappa shape index (κ2) is 8.12. The first-order valence-electron chi connectivity index (χ1n) is 6.83. The number of hydrogen-bond donors (Lipinski definition) is 1. The Labute approximate surface area is 95.4 Å². The second-order valence-electron chi connectivity index (χ2n) is 4.67. The van der Waals surface area contributed by atoms with Gasteiger partial charge in [-0.15, -0.1) is 0 Å². The third-order valence-electron chi connectivity index (χ3n) is 3.50. The minimum atomic E-state index is 0.892. The Morgan fingerprint density at radius 2 is 2.00 bits per heavy atom. The van der Waals surface area contributed by atoms with Crippen LogP contribution >= 0.6 is 0 Å². The Hall–Kier alpha value is -0.0800. The summed E-state index contributed by atoms with van der Waals surface area (Å²) >= 11 is 0. The van der Waals surface area contributed by atoms with Crippen LogP contribution in [0.15, 0.2) is 0 Å². The monoisotopic (exact) mass is 212 g/mol. The number of nitrogens with one attached hydrogen (secondary N) is 1. The number of rotatable bonds is 8. The van der Waals surface area contributed by atoms with Crippen molar-refractivity contribution in [3.05, 3.63) is 0 Å². The topological polar surface area (TPSA) is 15.3 Å². The fourth-order valence-electron chi connectivity index (χ4n) is 2.53. The predicted octanol–water partition coefficient (Wildman–Crippen LogP) is 2.64. The van der Waals surface area contributed by atoms with Crippen LogP contribution in [0, 0.1) is 0 Å². The summed E-state index contributed by atoms with van der Waals surface area (Å²) in [6.45, 7) is 9.54. The van der Waals surface area contributed by atoms with E-state index < -0.39 is 0 Å². The maximum absolute atomic E-state index is 3.52. The molecule has 1 atom stereocenters. The van der Waals surface area contributed by atoms with E-state index in [-0.39, 0.29) is 0 Å². The summed E-state index contributed by atoms with van der Waals surface area (Å²) < 4.78 is 0. The van der Waals surface area contributed by atoms with Gasteiger partial charge in [-0.3, -0.25) is 0 Å². The van der Waals surface area contributed by atoms with Crippen molar-refractivity contribution in [2.75, 3.05) is 26.2 Å². The van der Waals surface area contributed by atoms with Crippen LogP contribution in [-0.4, -0.2) is 37.1 Å². The Morgan fingerprint density at radius 3 is 2.73 bits per heavy atom. The summed E-state index contributed by atoms with van der Waals surface area (Å²) in [5.74, 6) is 0. The molecule has 0 saturated carbocycles. The molecule has 2 heteroatoms. The third kappa shape index (κ3) is 4.98. The maximum atomic E-state index is 3.52. The molecule has 0 aromatic rings. The Kier molecular flexibility index (Phi) is 7.03. The lowest BCUT2D eigenvalue weighted by molar-refractivity contribution is 0.251. The third-order valence-corrected chi connectivity index (χ3v) is 3.50. The van der Waals surface area contributed by atoms with E-state index in [4.69, 9.17) is 0 Å². The minimum Gasteiger partial charge on any atom is -0.317 e. The molecule has 0 radical (unpaired) electrons. The molecule has 90 valence electrons. The average molecular weight is 212 g/mol. The molecule has 0 aromatic carbocycles. The zero-order chi connectivity index (χ0) is 10.9. The molecule has 0 amide bonds. The molecule has 1 rings (SSSR count). The van der Waals surface area contributed by atoms with Crippen LogP contribution in [0.1, 0.15) is 52.4 Å². The Bertz CT molecular complexity index is 147. The van der Waals surface area contributed by atoms with E-state index in [0.29, 0.717) is 0 Å². The molecule has 0 spiro atoms. The van der Waals surface area contributed by atoms with Crippen LogP contribution in [0.2, 0.25) is 0 Å². The molecule has 1 aliphatic heterocycles. The summed E-state index contributed by atoms with van der Waals surface area (Å²) in [6.07, 6.45) is 8.23. The van der Waals surface area contributed by atoms with Crippen LogP contribution < -0.4 is 5.32 Å². The summed E-state index contributed by atoms with van der Waals surface area (Å²) in [5, 5.41) is 3.52. The molecule has 0 aliphatic carbocycles. The molecule has 1 saturated heterocycles. The van der Waals surface area contributed by atoms with E-state index in [9.17, 15) is 0 Å². The van der Waals surface area contributed by atoms with E-state index in [1.54, 1.807) is 0 Å². The van der Waals surface area contributed by atoms with Gasteiger partial charge in [0.05, 0.1) is 0 Å². The smallest absolute Gasteiger partial charge is 0.00960 e. The number of nitrogens with zero attached hydrogens (tertiary/aromatic N) is 1. The van der Waals surface area contributed by atoms with Gasteiger partial charge in [-0.2, -0.15) is 0 Å². The molecular formula is C13H28N2. The lowest BCUT2D eigenvalue weighted by Crippen LogP contribution is -2.30. The Balaban J connectivity index is 1.95. The van der Waals surface area contributed by atoms with Crippen molar-refractivity contribution in [2.24, 2.45) is 0 Å². The van der Waals surface area contributed by atoms with Gasteiger partial charge >= 0.3 is 0 Å². The van der Waals surface area contributed by atoms with Crippen molar-refractivity contribution in [2.45, 2.75) is 58.4 Å². The van der Waals surface area contributed by atoms with Gasteiger partial charge in [-0.1, -0.05) is 20.3 Å². The molecular weight excluding hydrogens is 184 g/mol. The average Bonchev–Trinajstić information content (AvgIpc) is 2.70. The van der Waals surface area contributed by atoms with Crippen LogP contribution in [0.4, 0.5) is 0 Å². The molecule has 1 N–H and O–H groups in total. The maximum Gasteiger partial charge on any atom is 0.00960 e. The lowest BCUT2D eigenvalue weighted by atomic mass is 10.1. The van der Waals surface area contributed by atoms with Gasteiger partial charge in [-0.05, 0) is 58.3 Å². The van der Waals surface area contributed by atoms with Crippen molar-refractivity contribution in [1.82, 2.24) is 10.2 Å². The molecule has 2 nitrogen and oxygen atoms in total. The fraction of sp³-hybridized carbons (Fsp3) is 1.00. The standard InChI is InChI=1S/C13H28N2/c1-3-5-10-14-11-6-8-13-9-7-12-15(13)4-2/h13-14H,3-12H2,1-2H3. The molecule has 1 aliphatic rings. The largest absolute Gasteiger partial charge is 0.317 e. The fourth-order valence-corrected chi connectivity index (χ4v) is 2.53. The summed E-state index contributed by atoms with van der Waals surface area (Å²) in [7, 11) is 0. The normalized spacial score (nSPS) is 22.4. The molecule has 0 bridgehead atoms. The summed E-state index contributed by atoms with van der Waals surface area (Å²) in [5.41, 5.74) is 0. The summed E-state index contributed by atoms with van der Waals surface area (Å²) in [6, 6.07) is 0.892. The van der Waals surface area contributed by atoms with E-state index in [2.05, 4.69) is 24.1 Å². The highest BCUT2D eigenvalue weighted by Gasteiger charge is 2.21. The highest BCUT2D eigenvalue weighted by Crippen LogP contribution is 2.20. The van der Waals surface area contributed by atoms with Crippen molar-refractivity contribution in [1.29, 1.82) is 0 Å². The first-order chi connectivity index (χ1) is 7.38. The second-order valence-corrected chi connectivity index (χ2v) is 4.67. The number of hydrogen-bond acceptors (Lipinski definition) is 2. The minimum absolute atomic E-state index is 0.892. The first-order valence-corrected chi connectivity index (χ1v) is 6.83. The van der Waals surface area contributed by atoms with Gasteiger partial charge < -0.3 is 10.2 Å². The lowest BCUT2D eigenvalue weighted by Gasteiger charge is -2.22. The van der Waals surface area contributed by atoms with E-state index >= 15 is 0 Å². The zero-order valence-corrected chi connectivity index (χ0v) is 10.6. The van der Waals surface area contributed by atoms with Crippen LogP contribution in [0.5, 0.6) is 0 Å². The first kappa shape index (κ1) is 13.0. The van der Waals surface area contributed by atoms with Gasteiger partial charge in [0.15, 0.2) is 0 Å². The SMILES string of the molecule is CCCCNCCCC1CCCN1CC. The van der Waals surface area contributed by atoms with E-state index in [0.717, 1.165) is 6.04 Å². The van der Waals surface area contributed by atoms with Crippen LogP contribution in [-0.2, 0) is 0 Å². The van der Waals surface area contributed by atoms with Gasteiger partial charge in [0.2, 0.25) is 0 Å². The van der Waals surface area contributed by atoms with Crippen molar-refractivity contribution in [3.8, 4) is 0 Å². The van der Waals surface area contributed by atoms with E-state index in [1.807, 2.05) is 0 Å². The van der Waals surface area contributed by atoms with Gasteiger partial charge in [0.25, 0.3) is 0 Å².